The highest BCUT2D eigenvalue weighted by Crippen LogP contribution is 2.26. The molecular formula is C16H20N2O2S. The van der Waals surface area contributed by atoms with Gasteiger partial charge in [-0.1, -0.05) is 12.1 Å². The van der Waals surface area contributed by atoms with Crippen molar-refractivity contribution in [3.05, 3.63) is 46.2 Å². The van der Waals surface area contributed by atoms with Gasteiger partial charge in [0.25, 0.3) is 0 Å². The summed E-state index contributed by atoms with van der Waals surface area (Å²) >= 11 is 1.75. The third kappa shape index (κ3) is 3.76. The highest BCUT2D eigenvalue weighted by molar-refractivity contribution is 7.09. The first-order valence-electron chi connectivity index (χ1n) is 6.92. The van der Waals surface area contributed by atoms with Crippen LogP contribution in [-0.2, 0) is 11.2 Å². The van der Waals surface area contributed by atoms with Crippen molar-refractivity contribution in [2.24, 2.45) is 0 Å². The van der Waals surface area contributed by atoms with Crippen molar-refractivity contribution in [1.29, 1.82) is 0 Å². The van der Waals surface area contributed by atoms with Crippen LogP contribution in [0.15, 0.2) is 35.7 Å². The van der Waals surface area contributed by atoms with Crippen molar-refractivity contribution in [1.82, 2.24) is 0 Å². The molecule has 21 heavy (non-hydrogen) atoms. The number of hydrogen-bond donors (Lipinski definition) is 1. The number of nitrogen functional groups attached to an aromatic ring is 1. The Morgan fingerprint density at radius 3 is 2.81 bits per heavy atom. The molecule has 0 aliphatic rings. The van der Waals surface area contributed by atoms with E-state index in [1.54, 1.807) is 24.3 Å². The fraction of sp³-hybridized carbons (Fsp3) is 0.312. The molecule has 0 bridgehead atoms. The van der Waals surface area contributed by atoms with Gasteiger partial charge in [0.05, 0.1) is 23.5 Å². The first kappa shape index (κ1) is 15.4. The van der Waals surface area contributed by atoms with Crippen LogP contribution in [0.25, 0.3) is 0 Å². The number of likely N-dealkylation sites (N-methyl/N-ethyl adjacent to an activating group) is 1. The molecule has 0 radical (unpaired) electrons. The van der Waals surface area contributed by atoms with Crippen molar-refractivity contribution in [2.75, 3.05) is 30.8 Å². The number of carbonyl (C=O) groups is 1. The number of nitrogens with zero attached hydrogens (tertiary/aromatic N) is 1. The van der Waals surface area contributed by atoms with E-state index in [0.717, 1.165) is 18.7 Å². The van der Waals surface area contributed by atoms with E-state index in [-0.39, 0.29) is 5.97 Å². The van der Waals surface area contributed by atoms with Crippen molar-refractivity contribution < 1.29 is 9.53 Å². The number of para-hydroxylation sites is 1. The van der Waals surface area contributed by atoms with E-state index in [2.05, 4.69) is 22.4 Å². The lowest BCUT2D eigenvalue weighted by Gasteiger charge is -2.22. The molecule has 5 heteroatoms. The number of benzene rings is 1. The van der Waals surface area contributed by atoms with Crippen LogP contribution in [0.3, 0.4) is 0 Å². The Bertz CT molecular complexity index is 596. The molecule has 0 aliphatic carbocycles. The average Bonchev–Trinajstić information content (AvgIpc) is 2.98. The first-order chi connectivity index (χ1) is 10.1. The maximum atomic E-state index is 11.9. The zero-order valence-corrected chi connectivity index (χ0v) is 13.2. The summed E-state index contributed by atoms with van der Waals surface area (Å²) in [4.78, 5) is 15.3. The Morgan fingerprint density at radius 1 is 1.33 bits per heavy atom. The Labute approximate surface area is 129 Å². The molecule has 2 N–H and O–H groups in total. The molecule has 0 aliphatic heterocycles. The van der Waals surface area contributed by atoms with Crippen molar-refractivity contribution in [3.8, 4) is 0 Å². The van der Waals surface area contributed by atoms with Crippen LogP contribution in [0.2, 0.25) is 0 Å². The van der Waals surface area contributed by atoms with Gasteiger partial charge in [0.2, 0.25) is 0 Å². The molecule has 1 aromatic heterocycles. The van der Waals surface area contributed by atoms with E-state index >= 15 is 0 Å². The number of carbonyl (C=O) groups excluding carboxylic acids is 1. The standard InChI is InChI=1S/C16H20N2O2S/c1-3-20-16(19)13-7-4-8-14(15(13)17)18(2)10-9-12-6-5-11-21-12/h4-8,11H,3,9-10,17H2,1-2H3. The van der Waals surface area contributed by atoms with E-state index in [9.17, 15) is 4.79 Å². The van der Waals surface area contributed by atoms with Crippen molar-refractivity contribution >= 4 is 28.7 Å². The summed E-state index contributed by atoms with van der Waals surface area (Å²) < 4.78 is 5.03. The molecule has 2 aromatic rings. The summed E-state index contributed by atoms with van der Waals surface area (Å²) in [6, 6.07) is 9.63. The van der Waals surface area contributed by atoms with Crippen LogP contribution in [0.1, 0.15) is 22.2 Å². The maximum Gasteiger partial charge on any atom is 0.340 e. The van der Waals surface area contributed by atoms with Gasteiger partial charge in [-0.15, -0.1) is 11.3 Å². The number of thiophene rings is 1. The van der Waals surface area contributed by atoms with E-state index in [0.29, 0.717) is 17.9 Å². The van der Waals surface area contributed by atoms with Crippen molar-refractivity contribution in [2.45, 2.75) is 13.3 Å². The lowest BCUT2D eigenvalue weighted by Crippen LogP contribution is -2.22. The number of rotatable bonds is 6. The molecule has 0 saturated heterocycles. The lowest BCUT2D eigenvalue weighted by atomic mass is 10.1. The summed E-state index contributed by atoms with van der Waals surface area (Å²) in [5.74, 6) is -0.372. The second kappa shape index (κ2) is 7.13. The number of esters is 1. The molecule has 2 rings (SSSR count). The molecule has 0 fully saturated rings. The molecule has 0 spiro atoms. The van der Waals surface area contributed by atoms with Gasteiger partial charge < -0.3 is 15.4 Å². The highest BCUT2D eigenvalue weighted by Gasteiger charge is 2.15. The summed E-state index contributed by atoms with van der Waals surface area (Å²) in [5, 5.41) is 2.07. The van der Waals surface area contributed by atoms with E-state index in [1.807, 2.05) is 19.2 Å². The second-order valence-corrected chi connectivity index (χ2v) is 5.74. The van der Waals surface area contributed by atoms with Crippen LogP contribution >= 0.6 is 11.3 Å². The monoisotopic (exact) mass is 304 g/mol. The minimum atomic E-state index is -0.372. The van der Waals surface area contributed by atoms with Crippen LogP contribution < -0.4 is 10.6 Å². The molecule has 0 unspecified atom stereocenters. The van der Waals surface area contributed by atoms with Gasteiger partial charge in [0.15, 0.2) is 0 Å². The van der Waals surface area contributed by atoms with E-state index in [4.69, 9.17) is 10.5 Å². The molecule has 0 amide bonds. The minimum Gasteiger partial charge on any atom is -0.462 e. The van der Waals surface area contributed by atoms with Gasteiger partial charge in [0.1, 0.15) is 0 Å². The lowest BCUT2D eigenvalue weighted by molar-refractivity contribution is 0.0527. The number of hydrogen-bond acceptors (Lipinski definition) is 5. The normalized spacial score (nSPS) is 10.4. The van der Waals surface area contributed by atoms with E-state index in [1.165, 1.54) is 4.88 Å². The van der Waals surface area contributed by atoms with Crippen LogP contribution in [0.5, 0.6) is 0 Å². The first-order valence-corrected chi connectivity index (χ1v) is 7.80. The fourth-order valence-corrected chi connectivity index (χ4v) is 2.82. The van der Waals surface area contributed by atoms with Gasteiger partial charge in [-0.3, -0.25) is 0 Å². The largest absolute Gasteiger partial charge is 0.462 e. The van der Waals surface area contributed by atoms with Crippen LogP contribution in [0.4, 0.5) is 11.4 Å². The maximum absolute atomic E-state index is 11.9. The molecule has 1 heterocycles. The Hall–Kier alpha value is -2.01. The molecule has 112 valence electrons. The van der Waals surface area contributed by atoms with Gasteiger partial charge in [-0.05, 0) is 36.9 Å². The number of nitrogens with two attached hydrogens (primary N) is 1. The van der Waals surface area contributed by atoms with Gasteiger partial charge in [0, 0.05) is 18.5 Å². The van der Waals surface area contributed by atoms with Crippen molar-refractivity contribution in [3.63, 3.8) is 0 Å². The van der Waals surface area contributed by atoms with Gasteiger partial charge >= 0.3 is 5.97 Å². The topological polar surface area (TPSA) is 55.6 Å². The molecule has 0 atom stereocenters. The number of anilines is 2. The fourth-order valence-electron chi connectivity index (χ4n) is 2.13. The van der Waals surface area contributed by atoms with Crippen LogP contribution in [0, 0.1) is 0 Å². The molecule has 1 aromatic carbocycles. The Balaban J connectivity index is 2.11. The van der Waals surface area contributed by atoms with E-state index < -0.39 is 0 Å². The Kier molecular flexibility index (Phi) is 5.22. The van der Waals surface area contributed by atoms with Crippen LogP contribution in [-0.4, -0.2) is 26.2 Å². The third-order valence-corrected chi connectivity index (χ3v) is 4.20. The summed E-state index contributed by atoms with van der Waals surface area (Å²) in [7, 11) is 1.98. The Morgan fingerprint density at radius 2 is 2.14 bits per heavy atom. The summed E-state index contributed by atoms with van der Waals surface area (Å²) in [6.07, 6.45) is 0.956. The van der Waals surface area contributed by atoms with Gasteiger partial charge in [-0.2, -0.15) is 0 Å². The summed E-state index contributed by atoms with van der Waals surface area (Å²) in [6.45, 7) is 2.97. The zero-order valence-electron chi connectivity index (χ0n) is 12.3. The highest BCUT2D eigenvalue weighted by atomic mass is 32.1. The predicted octanol–water partition coefficient (Wildman–Crippen LogP) is 3.19. The smallest absolute Gasteiger partial charge is 0.340 e. The molecular weight excluding hydrogens is 284 g/mol. The summed E-state index contributed by atoms with van der Waals surface area (Å²) in [5.41, 5.74) is 7.89. The van der Waals surface area contributed by atoms with Gasteiger partial charge in [-0.25, -0.2) is 4.79 Å². The SMILES string of the molecule is CCOC(=O)c1cccc(N(C)CCc2cccs2)c1N. The number of ether oxygens (including phenoxy) is 1. The quantitative estimate of drug-likeness (QED) is 0.658. The second-order valence-electron chi connectivity index (χ2n) is 4.71. The molecule has 4 nitrogen and oxygen atoms in total. The molecule has 0 saturated carbocycles. The zero-order chi connectivity index (χ0) is 15.2. The minimum absolute atomic E-state index is 0.344. The predicted molar refractivity (Wildman–Crippen MR) is 88.1 cm³/mol. The third-order valence-electron chi connectivity index (χ3n) is 3.26. The average molecular weight is 304 g/mol.